The van der Waals surface area contributed by atoms with E-state index in [0.717, 1.165) is 37.1 Å². The van der Waals surface area contributed by atoms with Crippen LogP contribution >= 0.6 is 0 Å². The van der Waals surface area contributed by atoms with Gasteiger partial charge >= 0.3 is 0 Å². The highest BCUT2D eigenvalue weighted by atomic mass is 16.5. The third-order valence-corrected chi connectivity index (χ3v) is 5.53. The zero-order chi connectivity index (χ0) is 22.4. The molecular weight excluding hydrogens is 392 g/mol. The van der Waals surface area contributed by atoms with Crippen LogP contribution in [0.25, 0.3) is 0 Å². The average molecular weight is 425 g/mol. The van der Waals surface area contributed by atoms with Gasteiger partial charge in [0.1, 0.15) is 5.75 Å². The molecular formula is C24H32N4O3. The molecule has 2 aromatic rings. The summed E-state index contributed by atoms with van der Waals surface area (Å²) >= 11 is 0. The maximum atomic E-state index is 12.7. The number of likely N-dealkylation sites (tertiary alicyclic amines) is 1. The minimum atomic E-state index is -0.219. The SMILES string of the molecule is COc1cccc(CNC(=O)c2cnc([C@@H]3CCCCN3C(=O)CC(C)C)nc2C)c1. The lowest BCUT2D eigenvalue weighted by Crippen LogP contribution is -2.40. The van der Waals surface area contributed by atoms with Crippen molar-refractivity contribution in [1.29, 1.82) is 0 Å². The Morgan fingerprint density at radius 3 is 2.81 bits per heavy atom. The molecule has 2 amide bonds. The van der Waals surface area contributed by atoms with Crippen LogP contribution < -0.4 is 10.1 Å². The summed E-state index contributed by atoms with van der Waals surface area (Å²) in [6, 6.07) is 7.45. The summed E-state index contributed by atoms with van der Waals surface area (Å²) in [6.07, 6.45) is 5.01. The van der Waals surface area contributed by atoms with Crippen LogP contribution in [0.1, 0.15) is 73.0 Å². The lowest BCUT2D eigenvalue weighted by Gasteiger charge is -2.35. The number of ether oxygens (including phenoxy) is 1. The molecule has 1 aromatic heterocycles. The molecule has 7 heteroatoms. The molecule has 0 aliphatic carbocycles. The molecule has 166 valence electrons. The van der Waals surface area contributed by atoms with E-state index in [2.05, 4.69) is 29.1 Å². The zero-order valence-corrected chi connectivity index (χ0v) is 18.9. The zero-order valence-electron chi connectivity index (χ0n) is 18.9. The van der Waals surface area contributed by atoms with Crippen LogP contribution in [0, 0.1) is 12.8 Å². The lowest BCUT2D eigenvalue weighted by atomic mass is 9.99. The molecule has 0 radical (unpaired) electrons. The van der Waals surface area contributed by atoms with Gasteiger partial charge in [-0.25, -0.2) is 9.97 Å². The number of carbonyl (C=O) groups is 2. The standard InChI is InChI=1S/C24H32N4O3/c1-16(2)12-22(29)28-11-6-5-10-21(28)23-25-15-20(17(3)27-23)24(30)26-14-18-8-7-9-19(13-18)31-4/h7-9,13,15-16,21H,5-6,10-12,14H2,1-4H3,(H,26,30)/t21-/m0/s1. The number of aromatic nitrogens is 2. The fourth-order valence-corrected chi connectivity index (χ4v) is 3.89. The van der Waals surface area contributed by atoms with Crippen LogP contribution in [0.3, 0.4) is 0 Å². The highest BCUT2D eigenvalue weighted by Gasteiger charge is 2.30. The third kappa shape index (κ3) is 5.81. The minimum Gasteiger partial charge on any atom is -0.497 e. The molecule has 2 heterocycles. The summed E-state index contributed by atoms with van der Waals surface area (Å²) in [5.74, 6) is 1.62. The number of nitrogens with zero attached hydrogens (tertiary/aromatic N) is 3. The highest BCUT2D eigenvalue weighted by Crippen LogP contribution is 2.30. The van der Waals surface area contributed by atoms with Gasteiger partial charge in [0, 0.05) is 25.7 Å². The highest BCUT2D eigenvalue weighted by molar-refractivity contribution is 5.94. The summed E-state index contributed by atoms with van der Waals surface area (Å²) in [4.78, 5) is 36.4. The number of benzene rings is 1. The Balaban J connectivity index is 1.70. The van der Waals surface area contributed by atoms with E-state index in [9.17, 15) is 9.59 Å². The Morgan fingerprint density at radius 2 is 2.10 bits per heavy atom. The van der Waals surface area contributed by atoms with Crippen molar-refractivity contribution in [3.63, 3.8) is 0 Å². The van der Waals surface area contributed by atoms with Crippen LogP contribution in [0.15, 0.2) is 30.5 Å². The van der Waals surface area contributed by atoms with Gasteiger partial charge < -0.3 is 15.0 Å². The topological polar surface area (TPSA) is 84.4 Å². The van der Waals surface area contributed by atoms with Crippen LogP contribution in [0.4, 0.5) is 0 Å². The monoisotopic (exact) mass is 424 g/mol. The van der Waals surface area contributed by atoms with E-state index in [1.165, 1.54) is 0 Å². The predicted octanol–water partition coefficient (Wildman–Crippen LogP) is 3.82. The quantitative estimate of drug-likeness (QED) is 0.730. The number of aryl methyl sites for hydroxylation is 1. The lowest BCUT2D eigenvalue weighted by molar-refractivity contribution is -0.136. The Bertz CT molecular complexity index is 929. The number of amides is 2. The van der Waals surface area contributed by atoms with Gasteiger partial charge in [0.25, 0.3) is 5.91 Å². The second kappa shape index (κ2) is 10.4. The fraction of sp³-hybridized carbons (Fsp3) is 0.500. The van der Waals surface area contributed by atoms with Crippen molar-refractivity contribution < 1.29 is 14.3 Å². The number of hydrogen-bond donors (Lipinski definition) is 1. The molecule has 7 nitrogen and oxygen atoms in total. The van der Waals surface area contributed by atoms with Crippen molar-refractivity contribution >= 4 is 11.8 Å². The molecule has 3 rings (SSSR count). The Labute approximate surface area is 184 Å². The van der Waals surface area contributed by atoms with Crippen molar-refractivity contribution in [2.75, 3.05) is 13.7 Å². The molecule has 0 bridgehead atoms. The second-order valence-electron chi connectivity index (χ2n) is 8.46. The van der Waals surface area contributed by atoms with Crippen LogP contribution in [0.5, 0.6) is 5.75 Å². The van der Waals surface area contributed by atoms with Crippen molar-refractivity contribution in [1.82, 2.24) is 20.2 Å². The number of nitrogens with one attached hydrogen (secondary N) is 1. The molecule has 0 saturated carbocycles. The maximum Gasteiger partial charge on any atom is 0.254 e. The van der Waals surface area contributed by atoms with E-state index >= 15 is 0 Å². The van der Waals surface area contributed by atoms with E-state index in [0.29, 0.717) is 36.0 Å². The molecule has 1 atom stereocenters. The summed E-state index contributed by atoms with van der Waals surface area (Å²) in [5.41, 5.74) is 2.02. The van der Waals surface area contributed by atoms with E-state index in [1.807, 2.05) is 36.1 Å². The molecule has 31 heavy (non-hydrogen) atoms. The molecule has 0 spiro atoms. The van der Waals surface area contributed by atoms with Gasteiger partial charge in [-0.2, -0.15) is 0 Å². The number of hydrogen-bond acceptors (Lipinski definition) is 5. The van der Waals surface area contributed by atoms with Gasteiger partial charge in [-0.05, 0) is 49.8 Å². The number of methoxy groups -OCH3 is 1. The Kier molecular flexibility index (Phi) is 7.60. The smallest absolute Gasteiger partial charge is 0.254 e. The number of carbonyl (C=O) groups excluding carboxylic acids is 2. The summed E-state index contributed by atoms with van der Waals surface area (Å²) in [7, 11) is 1.61. The first-order valence-corrected chi connectivity index (χ1v) is 10.9. The van der Waals surface area contributed by atoms with Gasteiger partial charge in [0.15, 0.2) is 5.82 Å². The normalized spacial score (nSPS) is 16.3. The molecule has 1 aliphatic heterocycles. The van der Waals surface area contributed by atoms with E-state index in [4.69, 9.17) is 4.74 Å². The molecule has 1 aliphatic rings. The molecule has 1 N–H and O–H groups in total. The first-order chi connectivity index (χ1) is 14.9. The Morgan fingerprint density at radius 1 is 1.29 bits per heavy atom. The first-order valence-electron chi connectivity index (χ1n) is 10.9. The summed E-state index contributed by atoms with van der Waals surface area (Å²) < 4.78 is 5.22. The van der Waals surface area contributed by atoms with Gasteiger partial charge in [0.2, 0.25) is 5.91 Å². The molecule has 1 saturated heterocycles. The van der Waals surface area contributed by atoms with Gasteiger partial charge in [-0.15, -0.1) is 0 Å². The Hall–Kier alpha value is -2.96. The van der Waals surface area contributed by atoms with Crippen LogP contribution in [-0.2, 0) is 11.3 Å². The van der Waals surface area contributed by atoms with Crippen LogP contribution in [-0.4, -0.2) is 40.3 Å². The minimum absolute atomic E-state index is 0.118. The van der Waals surface area contributed by atoms with E-state index in [1.54, 1.807) is 13.3 Å². The van der Waals surface area contributed by atoms with Gasteiger partial charge in [0.05, 0.1) is 24.4 Å². The third-order valence-electron chi connectivity index (χ3n) is 5.53. The molecule has 1 fully saturated rings. The summed E-state index contributed by atoms with van der Waals surface area (Å²) in [5, 5.41) is 2.92. The first kappa shape index (κ1) is 22.7. The second-order valence-corrected chi connectivity index (χ2v) is 8.46. The fourth-order valence-electron chi connectivity index (χ4n) is 3.89. The maximum absolute atomic E-state index is 12.7. The van der Waals surface area contributed by atoms with Crippen molar-refractivity contribution in [3.8, 4) is 5.75 Å². The van der Waals surface area contributed by atoms with Gasteiger partial charge in [-0.3, -0.25) is 9.59 Å². The van der Waals surface area contributed by atoms with Crippen molar-refractivity contribution in [2.24, 2.45) is 5.92 Å². The molecule has 1 aromatic carbocycles. The summed E-state index contributed by atoms with van der Waals surface area (Å²) in [6.45, 7) is 7.04. The average Bonchev–Trinajstić information content (AvgIpc) is 2.77. The number of rotatable bonds is 7. The molecule has 0 unspecified atom stereocenters. The number of piperidine rings is 1. The van der Waals surface area contributed by atoms with Gasteiger partial charge in [-0.1, -0.05) is 26.0 Å². The van der Waals surface area contributed by atoms with Crippen molar-refractivity contribution in [3.05, 3.63) is 53.1 Å². The largest absolute Gasteiger partial charge is 0.497 e. The van der Waals surface area contributed by atoms with Crippen LogP contribution in [0.2, 0.25) is 0 Å². The van der Waals surface area contributed by atoms with E-state index < -0.39 is 0 Å². The van der Waals surface area contributed by atoms with E-state index in [-0.39, 0.29) is 17.9 Å². The van der Waals surface area contributed by atoms with Crippen molar-refractivity contribution in [2.45, 2.75) is 59.0 Å². The predicted molar refractivity (Wildman–Crippen MR) is 119 cm³/mol.